The standard InChI is InChI=1S/C15H25N/c1-11(2)7-14(5-6-16)15-9-12(3)8-13(4)10-15/h8-11,14H,5-7,16H2,1-4H3. The highest BCUT2D eigenvalue weighted by atomic mass is 14.5. The third-order valence-electron chi connectivity index (χ3n) is 2.99. The van der Waals surface area contributed by atoms with Crippen LogP contribution in [0, 0.1) is 19.8 Å². The van der Waals surface area contributed by atoms with E-state index in [-0.39, 0.29) is 0 Å². The number of rotatable bonds is 5. The van der Waals surface area contributed by atoms with Crippen molar-refractivity contribution in [3.63, 3.8) is 0 Å². The molecule has 0 spiro atoms. The monoisotopic (exact) mass is 219 g/mol. The van der Waals surface area contributed by atoms with Crippen molar-refractivity contribution >= 4 is 0 Å². The predicted molar refractivity (Wildman–Crippen MR) is 71.8 cm³/mol. The Morgan fingerprint density at radius 2 is 1.62 bits per heavy atom. The van der Waals surface area contributed by atoms with Crippen molar-refractivity contribution in [3.05, 3.63) is 34.9 Å². The summed E-state index contributed by atoms with van der Waals surface area (Å²) in [6.45, 7) is 9.69. The van der Waals surface area contributed by atoms with E-state index in [1.165, 1.54) is 23.1 Å². The molecule has 0 bridgehead atoms. The van der Waals surface area contributed by atoms with Gasteiger partial charge in [0.1, 0.15) is 0 Å². The maximum Gasteiger partial charge on any atom is -0.00714 e. The van der Waals surface area contributed by atoms with Crippen LogP contribution in [0.3, 0.4) is 0 Å². The molecule has 0 amide bonds. The maximum atomic E-state index is 5.72. The van der Waals surface area contributed by atoms with Crippen LogP contribution in [0.4, 0.5) is 0 Å². The summed E-state index contributed by atoms with van der Waals surface area (Å²) in [4.78, 5) is 0. The van der Waals surface area contributed by atoms with Crippen LogP contribution in [-0.2, 0) is 0 Å². The van der Waals surface area contributed by atoms with Gasteiger partial charge in [-0.25, -0.2) is 0 Å². The van der Waals surface area contributed by atoms with Gasteiger partial charge in [-0.2, -0.15) is 0 Å². The maximum absolute atomic E-state index is 5.72. The average Bonchev–Trinajstić information content (AvgIpc) is 2.14. The average molecular weight is 219 g/mol. The molecule has 0 aliphatic heterocycles. The van der Waals surface area contributed by atoms with Gasteiger partial charge in [-0.05, 0) is 50.6 Å². The molecule has 2 N–H and O–H groups in total. The predicted octanol–water partition coefficient (Wildman–Crippen LogP) is 3.78. The highest BCUT2D eigenvalue weighted by molar-refractivity contribution is 5.31. The Labute approximate surface area is 100 Å². The van der Waals surface area contributed by atoms with Gasteiger partial charge < -0.3 is 5.73 Å². The molecule has 0 radical (unpaired) electrons. The smallest absolute Gasteiger partial charge is 0.00714 e. The van der Waals surface area contributed by atoms with Crippen molar-refractivity contribution in [3.8, 4) is 0 Å². The Bertz CT molecular complexity index is 308. The van der Waals surface area contributed by atoms with E-state index in [0.29, 0.717) is 5.92 Å². The largest absolute Gasteiger partial charge is 0.330 e. The van der Waals surface area contributed by atoms with Crippen LogP contribution in [0.5, 0.6) is 0 Å². The van der Waals surface area contributed by atoms with Gasteiger partial charge in [-0.1, -0.05) is 43.2 Å². The molecule has 1 unspecified atom stereocenters. The number of nitrogens with two attached hydrogens (primary N) is 1. The Kier molecular flexibility index (Phi) is 5.01. The number of hydrogen-bond donors (Lipinski definition) is 1. The fraction of sp³-hybridized carbons (Fsp3) is 0.600. The van der Waals surface area contributed by atoms with Crippen molar-refractivity contribution in [1.29, 1.82) is 0 Å². The van der Waals surface area contributed by atoms with E-state index >= 15 is 0 Å². The molecule has 1 heteroatoms. The van der Waals surface area contributed by atoms with Crippen LogP contribution in [0.2, 0.25) is 0 Å². The third kappa shape index (κ3) is 3.97. The van der Waals surface area contributed by atoms with Gasteiger partial charge in [-0.3, -0.25) is 0 Å². The van der Waals surface area contributed by atoms with Crippen molar-refractivity contribution in [1.82, 2.24) is 0 Å². The molecule has 0 aliphatic carbocycles. The summed E-state index contributed by atoms with van der Waals surface area (Å²) in [6.07, 6.45) is 2.33. The van der Waals surface area contributed by atoms with Gasteiger partial charge in [0.25, 0.3) is 0 Å². The molecule has 0 saturated heterocycles. The topological polar surface area (TPSA) is 26.0 Å². The van der Waals surface area contributed by atoms with E-state index in [1.54, 1.807) is 0 Å². The van der Waals surface area contributed by atoms with E-state index in [2.05, 4.69) is 45.9 Å². The van der Waals surface area contributed by atoms with Crippen molar-refractivity contribution in [2.24, 2.45) is 11.7 Å². The normalized spacial score (nSPS) is 13.1. The molecule has 16 heavy (non-hydrogen) atoms. The Hall–Kier alpha value is -0.820. The van der Waals surface area contributed by atoms with Gasteiger partial charge in [0.05, 0.1) is 0 Å². The van der Waals surface area contributed by atoms with Gasteiger partial charge >= 0.3 is 0 Å². The molecule has 0 heterocycles. The first-order chi connectivity index (χ1) is 7.52. The Balaban J connectivity index is 2.90. The molecule has 0 aromatic heterocycles. The molecular weight excluding hydrogens is 194 g/mol. The van der Waals surface area contributed by atoms with Crippen LogP contribution in [0.1, 0.15) is 49.3 Å². The summed E-state index contributed by atoms with van der Waals surface area (Å²) >= 11 is 0. The zero-order chi connectivity index (χ0) is 12.1. The summed E-state index contributed by atoms with van der Waals surface area (Å²) < 4.78 is 0. The fourth-order valence-electron chi connectivity index (χ4n) is 2.44. The number of benzene rings is 1. The van der Waals surface area contributed by atoms with E-state index in [0.717, 1.165) is 18.9 Å². The summed E-state index contributed by atoms with van der Waals surface area (Å²) in [5.74, 6) is 1.36. The third-order valence-corrected chi connectivity index (χ3v) is 2.99. The molecule has 0 saturated carbocycles. The lowest BCUT2D eigenvalue weighted by Gasteiger charge is -2.20. The van der Waals surface area contributed by atoms with Gasteiger partial charge in [0.15, 0.2) is 0 Å². The summed E-state index contributed by atoms with van der Waals surface area (Å²) in [7, 11) is 0. The van der Waals surface area contributed by atoms with Crippen LogP contribution in [0.25, 0.3) is 0 Å². The molecule has 1 aromatic rings. The molecule has 1 rings (SSSR count). The fourth-order valence-corrected chi connectivity index (χ4v) is 2.44. The van der Waals surface area contributed by atoms with Crippen molar-refractivity contribution in [2.45, 2.75) is 46.5 Å². The first-order valence-electron chi connectivity index (χ1n) is 6.31. The lowest BCUT2D eigenvalue weighted by molar-refractivity contribution is 0.480. The molecule has 90 valence electrons. The van der Waals surface area contributed by atoms with Crippen LogP contribution >= 0.6 is 0 Å². The number of aryl methyl sites for hydroxylation is 2. The van der Waals surface area contributed by atoms with E-state index in [9.17, 15) is 0 Å². The van der Waals surface area contributed by atoms with Crippen LogP contribution < -0.4 is 5.73 Å². The minimum atomic E-state index is 0.628. The molecule has 1 atom stereocenters. The zero-order valence-electron chi connectivity index (χ0n) is 11.1. The second-order valence-corrected chi connectivity index (χ2v) is 5.32. The first-order valence-corrected chi connectivity index (χ1v) is 6.31. The lowest BCUT2D eigenvalue weighted by Crippen LogP contribution is -2.10. The van der Waals surface area contributed by atoms with E-state index in [1.807, 2.05) is 0 Å². The van der Waals surface area contributed by atoms with Crippen LogP contribution in [0.15, 0.2) is 18.2 Å². The second-order valence-electron chi connectivity index (χ2n) is 5.32. The molecular formula is C15H25N. The second kappa shape index (κ2) is 6.05. The molecule has 1 nitrogen and oxygen atoms in total. The SMILES string of the molecule is Cc1cc(C)cc(C(CCN)CC(C)C)c1. The van der Waals surface area contributed by atoms with Gasteiger partial charge in [0.2, 0.25) is 0 Å². The minimum absolute atomic E-state index is 0.628. The summed E-state index contributed by atoms with van der Waals surface area (Å²) in [5.41, 5.74) is 9.91. The molecule has 0 aliphatic rings. The van der Waals surface area contributed by atoms with Crippen molar-refractivity contribution < 1.29 is 0 Å². The zero-order valence-corrected chi connectivity index (χ0v) is 11.1. The van der Waals surface area contributed by atoms with Crippen LogP contribution in [-0.4, -0.2) is 6.54 Å². The molecule has 1 aromatic carbocycles. The lowest BCUT2D eigenvalue weighted by atomic mass is 9.86. The Morgan fingerprint density at radius 1 is 1.06 bits per heavy atom. The van der Waals surface area contributed by atoms with Gasteiger partial charge in [0, 0.05) is 0 Å². The van der Waals surface area contributed by atoms with Gasteiger partial charge in [-0.15, -0.1) is 0 Å². The van der Waals surface area contributed by atoms with E-state index in [4.69, 9.17) is 5.73 Å². The minimum Gasteiger partial charge on any atom is -0.330 e. The summed E-state index contributed by atoms with van der Waals surface area (Å²) in [5, 5.41) is 0. The summed E-state index contributed by atoms with van der Waals surface area (Å²) in [6, 6.07) is 6.86. The first kappa shape index (κ1) is 13.2. The highest BCUT2D eigenvalue weighted by Crippen LogP contribution is 2.28. The quantitative estimate of drug-likeness (QED) is 0.801. The molecule has 0 fully saturated rings. The highest BCUT2D eigenvalue weighted by Gasteiger charge is 2.13. The Morgan fingerprint density at radius 3 is 2.06 bits per heavy atom. The number of hydrogen-bond acceptors (Lipinski definition) is 1. The van der Waals surface area contributed by atoms with E-state index < -0.39 is 0 Å². The van der Waals surface area contributed by atoms with Crippen molar-refractivity contribution in [2.75, 3.05) is 6.54 Å².